The Bertz CT molecular complexity index is 3920. The van der Waals surface area contributed by atoms with Gasteiger partial charge in [-0.3, -0.25) is 0 Å². The third-order valence-corrected chi connectivity index (χ3v) is 12.9. The number of nitriles is 2. The Morgan fingerprint density at radius 1 is 0.373 bits per heavy atom. The first-order valence-electron chi connectivity index (χ1n) is 22.3. The first-order chi connectivity index (χ1) is 33.0. The van der Waals surface area contributed by atoms with E-state index < -0.39 is 0 Å². The van der Waals surface area contributed by atoms with Crippen molar-refractivity contribution in [2.24, 2.45) is 0 Å². The monoisotopic (exact) mass is 854 g/mol. The van der Waals surface area contributed by atoms with Gasteiger partial charge in [0.2, 0.25) is 0 Å². The second-order valence-electron chi connectivity index (χ2n) is 16.9. The first kappa shape index (κ1) is 39.2. The summed E-state index contributed by atoms with van der Waals surface area (Å²) in [7, 11) is 0. The first-order valence-corrected chi connectivity index (χ1v) is 22.3. The molecule has 6 nitrogen and oxygen atoms in total. The number of benzene rings is 9. The summed E-state index contributed by atoms with van der Waals surface area (Å²) in [6.45, 7) is 2.11. The van der Waals surface area contributed by atoms with E-state index in [9.17, 15) is 10.5 Å². The highest BCUT2D eigenvalue weighted by Gasteiger charge is 2.18. The lowest BCUT2D eigenvalue weighted by molar-refractivity contribution is 1.16. The van der Waals surface area contributed by atoms with E-state index >= 15 is 0 Å². The smallest absolute Gasteiger partial charge is 0.160 e. The van der Waals surface area contributed by atoms with Crippen molar-refractivity contribution in [1.29, 1.82) is 10.5 Å². The van der Waals surface area contributed by atoms with Gasteiger partial charge in [0.05, 0.1) is 56.7 Å². The molecule has 312 valence electrons. The van der Waals surface area contributed by atoms with Crippen molar-refractivity contribution >= 4 is 43.6 Å². The maximum absolute atomic E-state index is 10.5. The molecule has 0 spiro atoms. The molecule has 0 aliphatic heterocycles. The minimum Gasteiger partial charge on any atom is -0.309 e. The second-order valence-corrected chi connectivity index (χ2v) is 16.9. The maximum atomic E-state index is 10.5. The Morgan fingerprint density at radius 2 is 0.910 bits per heavy atom. The van der Waals surface area contributed by atoms with Crippen molar-refractivity contribution in [3.8, 4) is 79.7 Å². The van der Waals surface area contributed by atoms with E-state index in [1.54, 1.807) is 0 Å². The number of nitrogens with zero attached hydrogens (tertiary/aromatic N) is 6. The zero-order valence-electron chi connectivity index (χ0n) is 36.4. The Balaban J connectivity index is 0.867. The summed E-state index contributed by atoms with van der Waals surface area (Å²) in [6.07, 6.45) is 0. The number of hydrogen-bond acceptors (Lipinski definition) is 4. The van der Waals surface area contributed by atoms with Gasteiger partial charge < -0.3 is 9.13 Å². The van der Waals surface area contributed by atoms with Gasteiger partial charge in [-0.25, -0.2) is 9.97 Å². The minimum atomic E-state index is 0.610. The Labute approximate surface area is 387 Å². The van der Waals surface area contributed by atoms with Crippen LogP contribution >= 0.6 is 0 Å². The molecule has 3 aromatic heterocycles. The van der Waals surface area contributed by atoms with Crippen molar-refractivity contribution in [2.45, 2.75) is 6.92 Å². The zero-order chi connectivity index (χ0) is 45.0. The van der Waals surface area contributed by atoms with Crippen LogP contribution in [0.5, 0.6) is 0 Å². The van der Waals surface area contributed by atoms with Crippen molar-refractivity contribution < 1.29 is 0 Å². The molecular weight excluding hydrogens is 817 g/mol. The molecule has 0 saturated heterocycles. The molecule has 0 radical (unpaired) electrons. The number of rotatable bonds is 7. The quantitative estimate of drug-likeness (QED) is 0.160. The van der Waals surface area contributed by atoms with Crippen LogP contribution in [0.25, 0.3) is 111 Å². The number of aromatic nitrogens is 4. The molecule has 6 heteroatoms. The Hall–Kier alpha value is -9.36. The van der Waals surface area contributed by atoms with Gasteiger partial charge >= 0.3 is 0 Å². The standard InChI is InChI=1S/C61H38N6/c1-39-16-29-58-52(32-39)53-33-40(37-62)17-30-59(53)67(58)49-27-31-60-54(35-49)51-14-8-9-15-57(51)66(60)48-25-22-42(23-26-48)50-28-24-46(34-47(50)38-63)41-18-20-44(21-19-41)56-36-55(43-10-4-2-5-11-43)64-61(65-56)45-12-6-3-7-13-45/h2-36H,1H3. The molecule has 0 aliphatic rings. The van der Waals surface area contributed by atoms with Gasteiger partial charge in [-0.05, 0) is 108 Å². The largest absolute Gasteiger partial charge is 0.309 e. The fourth-order valence-corrected chi connectivity index (χ4v) is 9.62. The van der Waals surface area contributed by atoms with Crippen LogP contribution in [-0.2, 0) is 0 Å². The molecule has 0 aliphatic carbocycles. The van der Waals surface area contributed by atoms with Crippen molar-refractivity contribution in [3.05, 3.63) is 229 Å². The minimum absolute atomic E-state index is 0.610. The zero-order valence-corrected chi connectivity index (χ0v) is 36.4. The molecule has 0 unspecified atom stereocenters. The van der Waals surface area contributed by atoms with Crippen molar-refractivity contribution in [3.63, 3.8) is 0 Å². The summed E-state index contributed by atoms with van der Waals surface area (Å²) in [6, 6.07) is 77.8. The van der Waals surface area contributed by atoms with Crippen LogP contribution in [-0.4, -0.2) is 19.1 Å². The summed E-state index contributed by atoms with van der Waals surface area (Å²) in [5, 5.41) is 24.7. The SMILES string of the molecule is Cc1ccc2c(c1)c1cc(C#N)ccc1n2-c1ccc2c(c1)c1ccccc1n2-c1ccc(-c2ccc(-c3ccc(-c4cc(-c5ccccc5)nc(-c5ccccc5)n4)cc3)cc2C#N)cc1. The fourth-order valence-electron chi connectivity index (χ4n) is 9.62. The van der Waals surface area contributed by atoms with Crippen LogP contribution in [0.3, 0.4) is 0 Å². The number of para-hydroxylation sites is 1. The van der Waals surface area contributed by atoms with Crippen molar-refractivity contribution in [2.75, 3.05) is 0 Å². The van der Waals surface area contributed by atoms with Gasteiger partial charge in [-0.2, -0.15) is 10.5 Å². The van der Waals surface area contributed by atoms with Gasteiger partial charge in [-0.15, -0.1) is 0 Å². The van der Waals surface area contributed by atoms with E-state index in [0.29, 0.717) is 17.0 Å². The van der Waals surface area contributed by atoms with E-state index in [-0.39, 0.29) is 0 Å². The van der Waals surface area contributed by atoms with E-state index in [2.05, 4.69) is 168 Å². The molecular formula is C61H38N6. The van der Waals surface area contributed by atoms with Gasteiger partial charge in [-0.1, -0.05) is 139 Å². The Kier molecular flexibility index (Phi) is 9.38. The molecule has 9 aromatic carbocycles. The maximum Gasteiger partial charge on any atom is 0.160 e. The fraction of sp³-hybridized carbons (Fsp3) is 0.0164. The van der Waals surface area contributed by atoms with Crippen LogP contribution < -0.4 is 0 Å². The second kappa shape index (κ2) is 16.0. The summed E-state index contributed by atoms with van der Waals surface area (Å²) >= 11 is 0. The highest BCUT2D eigenvalue weighted by molar-refractivity contribution is 6.12. The summed E-state index contributed by atoms with van der Waals surface area (Å²) in [5.74, 6) is 0.677. The average Bonchev–Trinajstić information content (AvgIpc) is 3.90. The van der Waals surface area contributed by atoms with E-state index in [0.717, 1.165) is 105 Å². The van der Waals surface area contributed by atoms with Crippen LogP contribution in [0.2, 0.25) is 0 Å². The molecule has 3 heterocycles. The summed E-state index contributed by atoms with van der Waals surface area (Å²) < 4.78 is 4.62. The molecule has 0 bridgehead atoms. The third kappa shape index (κ3) is 6.80. The van der Waals surface area contributed by atoms with Gasteiger partial charge in [0.1, 0.15) is 0 Å². The third-order valence-electron chi connectivity index (χ3n) is 12.9. The predicted molar refractivity (Wildman–Crippen MR) is 272 cm³/mol. The van der Waals surface area contributed by atoms with E-state index in [1.807, 2.05) is 72.8 Å². The highest BCUT2D eigenvalue weighted by atomic mass is 15.0. The molecule has 12 aromatic rings. The predicted octanol–water partition coefficient (Wildman–Crippen LogP) is 15.1. The molecule has 12 rings (SSSR count). The van der Waals surface area contributed by atoms with Crippen LogP contribution in [0, 0.1) is 29.6 Å². The van der Waals surface area contributed by atoms with Gasteiger partial charge in [0, 0.05) is 49.6 Å². The van der Waals surface area contributed by atoms with Crippen LogP contribution in [0.15, 0.2) is 212 Å². The van der Waals surface area contributed by atoms with Gasteiger partial charge in [0.25, 0.3) is 0 Å². The van der Waals surface area contributed by atoms with E-state index in [1.165, 1.54) is 5.56 Å². The lowest BCUT2D eigenvalue weighted by Gasteiger charge is -2.12. The summed E-state index contributed by atoms with van der Waals surface area (Å²) in [4.78, 5) is 9.94. The topological polar surface area (TPSA) is 83.2 Å². The van der Waals surface area contributed by atoms with Crippen LogP contribution in [0.4, 0.5) is 0 Å². The summed E-state index contributed by atoms with van der Waals surface area (Å²) in [5.41, 5.74) is 17.4. The number of hydrogen-bond donors (Lipinski definition) is 0. The van der Waals surface area contributed by atoms with Crippen LogP contribution in [0.1, 0.15) is 16.7 Å². The molecule has 0 saturated carbocycles. The van der Waals surface area contributed by atoms with Gasteiger partial charge in [0.15, 0.2) is 5.82 Å². The number of aryl methyl sites for hydroxylation is 1. The molecule has 67 heavy (non-hydrogen) atoms. The van der Waals surface area contributed by atoms with E-state index in [4.69, 9.17) is 9.97 Å². The molecule has 0 fully saturated rings. The molecule has 0 N–H and O–H groups in total. The normalized spacial score (nSPS) is 11.3. The molecule has 0 amide bonds. The highest BCUT2D eigenvalue weighted by Crippen LogP contribution is 2.39. The lowest BCUT2D eigenvalue weighted by Crippen LogP contribution is -1.96. The lowest BCUT2D eigenvalue weighted by atomic mass is 9.94. The van der Waals surface area contributed by atoms with Crippen molar-refractivity contribution in [1.82, 2.24) is 19.1 Å². The average molecular weight is 855 g/mol. The number of fused-ring (bicyclic) bond motifs is 6. The molecule has 0 atom stereocenters. The Morgan fingerprint density at radius 3 is 1.63 bits per heavy atom.